The van der Waals surface area contributed by atoms with Crippen molar-refractivity contribution in [2.75, 3.05) is 13.1 Å². The van der Waals surface area contributed by atoms with Crippen LogP contribution in [0.2, 0.25) is 0 Å². The van der Waals surface area contributed by atoms with E-state index in [4.69, 9.17) is 9.47 Å². The van der Waals surface area contributed by atoms with Crippen molar-refractivity contribution in [1.29, 1.82) is 0 Å². The molecule has 7 rings (SSSR count). The molecule has 4 heteroatoms. The maximum Gasteiger partial charge on any atom is 0.310 e. The van der Waals surface area contributed by atoms with Gasteiger partial charge < -0.3 is 9.47 Å². The molecule has 3 aliphatic rings. The molecule has 43 heavy (non-hydrogen) atoms. The van der Waals surface area contributed by atoms with Gasteiger partial charge in [0.25, 0.3) is 0 Å². The van der Waals surface area contributed by atoms with Crippen LogP contribution in [0.25, 0.3) is 0 Å². The highest BCUT2D eigenvalue weighted by Gasteiger charge is 2.53. The fourth-order valence-corrected chi connectivity index (χ4v) is 7.66. The molecule has 0 amide bonds. The lowest BCUT2D eigenvalue weighted by atomic mass is 9.68. The molecule has 2 bridgehead atoms. The highest BCUT2D eigenvalue weighted by atomic mass is 16.5. The summed E-state index contributed by atoms with van der Waals surface area (Å²) in [6.07, 6.45) is 0.806. The Kier molecular flexibility index (Phi) is 8.78. The number of ether oxygens (including phenoxy) is 2. The number of carbonyl (C=O) groups is 1. The van der Waals surface area contributed by atoms with E-state index in [1.807, 2.05) is 0 Å². The third-order valence-electron chi connectivity index (χ3n) is 9.23. The molecule has 5 atom stereocenters. The third-order valence-corrected chi connectivity index (χ3v) is 9.23. The quantitative estimate of drug-likeness (QED) is 0.192. The minimum atomic E-state index is -0.215. The first kappa shape index (κ1) is 29.3. The molecule has 0 aliphatic carbocycles. The highest BCUT2D eigenvalue weighted by molar-refractivity contribution is 5.73. The molecule has 0 spiro atoms. The maximum absolute atomic E-state index is 13.8. The van der Waals surface area contributed by atoms with E-state index in [2.05, 4.69) is 130 Å². The van der Waals surface area contributed by atoms with E-state index in [1.54, 1.807) is 0 Å². The number of hydrogen-bond acceptors (Lipinski definition) is 4. The van der Waals surface area contributed by atoms with Crippen molar-refractivity contribution < 1.29 is 14.3 Å². The molecular weight excluding hydrogens is 530 g/mol. The predicted molar refractivity (Wildman–Crippen MR) is 172 cm³/mol. The van der Waals surface area contributed by atoms with Crippen LogP contribution in [0.3, 0.4) is 0 Å². The van der Waals surface area contributed by atoms with Crippen molar-refractivity contribution in [2.24, 2.45) is 11.8 Å². The van der Waals surface area contributed by atoms with Gasteiger partial charge in [0.05, 0.1) is 18.6 Å². The number of esters is 1. The summed E-state index contributed by atoms with van der Waals surface area (Å²) in [4.78, 5) is 16.3. The van der Waals surface area contributed by atoms with Crippen molar-refractivity contribution in [2.45, 2.75) is 65.4 Å². The van der Waals surface area contributed by atoms with E-state index >= 15 is 0 Å². The monoisotopic (exact) mass is 573 g/mol. The SMILES string of the molecule is Cc1cc(C)cc(COC(=O)[C@@H]2CN3CC[C@H]2[C@H](OCc2cc(C)cc(C)c2)[C@@H]3C(c2ccccc2)c2ccccc2)c1. The summed E-state index contributed by atoms with van der Waals surface area (Å²) in [6, 6.07) is 34.7. The zero-order chi connectivity index (χ0) is 29.9. The molecule has 0 radical (unpaired) electrons. The van der Waals surface area contributed by atoms with E-state index in [0.29, 0.717) is 19.8 Å². The van der Waals surface area contributed by atoms with Gasteiger partial charge in [-0.15, -0.1) is 0 Å². The Balaban J connectivity index is 1.32. The molecule has 1 unspecified atom stereocenters. The Hall–Kier alpha value is -3.73. The number of fused-ring (bicyclic) bond motifs is 3. The highest BCUT2D eigenvalue weighted by Crippen LogP contribution is 2.46. The van der Waals surface area contributed by atoms with Crippen molar-refractivity contribution in [3.05, 3.63) is 142 Å². The van der Waals surface area contributed by atoms with Crippen molar-refractivity contribution in [3.63, 3.8) is 0 Å². The van der Waals surface area contributed by atoms with Gasteiger partial charge in [-0.1, -0.05) is 119 Å². The predicted octanol–water partition coefficient (Wildman–Crippen LogP) is 7.70. The van der Waals surface area contributed by atoms with Crippen LogP contribution in [0.15, 0.2) is 97.1 Å². The number of hydrogen-bond donors (Lipinski definition) is 0. The van der Waals surface area contributed by atoms with Gasteiger partial charge in [0.15, 0.2) is 0 Å². The lowest BCUT2D eigenvalue weighted by molar-refractivity contribution is -0.178. The van der Waals surface area contributed by atoms with Crippen LogP contribution < -0.4 is 0 Å². The molecule has 3 fully saturated rings. The minimum Gasteiger partial charge on any atom is -0.461 e. The maximum atomic E-state index is 13.8. The summed E-state index contributed by atoms with van der Waals surface area (Å²) >= 11 is 0. The first-order valence-corrected chi connectivity index (χ1v) is 15.6. The standard InChI is InChI=1S/C39H43NO3/c1-26-17-27(2)20-30(19-26)24-42-38-34-15-16-40(23-35(34)39(41)43-25-31-21-28(3)18-29(4)22-31)37(38)36(32-11-7-5-8-12-32)33-13-9-6-10-14-33/h5-14,17-22,34-38H,15-16,23-25H2,1-4H3/t34-,35-,37+,38+/m1/s1. The van der Waals surface area contributed by atoms with E-state index in [-0.39, 0.29) is 35.9 Å². The summed E-state index contributed by atoms with van der Waals surface area (Å²) in [7, 11) is 0. The van der Waals surface area contributed by atoms with Crippen LogP contribution in [0.4, 0.5) is 0 Å². The average molecular weight is 574 g/mol. The van der Waals surface area contributed by atoms with E-state index in [9.17, 15) is 4.79 Å². The number of aryl methyl sites for hydroxylation is 4. The van der Waals surface area contributed by atoms with Crippen molar-refractivity contribution >= 4 is 5.97 Å². The lowest BCUT2D eigenvalue weighted by Gasteiger charge is -2.55. The summed E-state index contributed by atoms with van der Waals surface area (Å²) < 4.78 is 13.0. The molecule has 0 saturated carbocycles. The number of rotatable bonds is 9. The molecule has 3 saturated heterocycles. The Morgan fingerprint density at radius 3 is 1.79 bits per heavy atom. The molecule has 0 aromatic heterocycles. The molecule has 3 aliphatic heterocycles. The van der Waals surface area contributed by atoms with Gasteiger partial charge in [-0.25, -0.2) is 0 Å². The molecule has 3 heterocycles. The first-order valence-electron chi connectivity index (χ1n) is 15.6. The number of piperidine rings is 3. The largest absolute Gasteiger partial charge is 0.461 e. The van der Waals surface area contributed by atoms with Crippen LogP contribution in [-0.2, 0) is 27.5 Å². The summed E-state index contributed by atoms with van der Waals surface area (Å²) in [5, 5.41) is 0. The summed E-state index contributed by atoms with van der Waals surface area (Å²) in [6.45, 7) is 10.9. The Morgan fingerprint density at radius 2 is 1.26 bits per heavy atom. The zero-order valence-corrected chi connectivity index (χ0v) is 25.8. The first-order chi connectivity index (χ1) is 20.9. The van der Waals surface area contributed by atoms with Gasteiger partial charge in [0.2, 0.25) is 0 Å². The number of carbonyl (C=O) groups excluding carboxylic acids is 1. The normalized spacial score (nSPS) is 23.0. The fraction of sp³-hybridized carbons (Fsp3) is 0.359. The lowest BCUT2D eigenvalue weighted by Crippen LogP contribution is -2.65. The van der Waals surface area contributed by atoms with E-state index in [1.165, 1.54) is 38.9 Å². The van der Waals surface area contributed by atoms with Crippen LogP contribution in [0, 0.1) is 39.5 Å². The number of nitrogens with zero attached hydrogens (tertiary/aromatic N) is 1. The average Bonchev–Trinajstić information content (AvgIpc) is 3.00. The molecule has 4 aromatic carbocycles. The van der Waals surface area contributed by atoms with Gasteiger partial charge in [-0.05, 0) is 62.9 Å². The molecule has 4 nitrogen and oxygen atoms in total. The van der Waals surface area contributed by atoms with Gasteiger partial charge >= 0.3 is 5.97 Å². The van der Waals surface area contributed by atoms with Gasteiger partial charge in [0, 0.05) is 24.4 Å². The van der Waals surface area contributed by atoms with Crippen LogP contribution in [0.5, 0.6) is 0 Å². The third kappa shape index (κ3) is 6.61. The Bertz CT molecular complexity index is 1470. The Morgan fingerprint density at radius 1 is 0.744 bits per heavy atom. The summed E-state index contributed by atoms with van der Waals surface area (Å²) in [5.74, 6) is -0.111. The molecule has 4 aromatic rings. The van der Waals surface area contributed by atoms with E-state index < -0.39 is 0 Å². The zero-order valence-electron chi connectivity index (χ0n) is 25.8. The van der Waals surface area contributed by atoms with Gasteiger partial charge in [-0.2, -0.15) is 0 Å². The van der Waals surface area contributed by atoms with Crippen LogP contribution >= 0.6 is 0 Å². The second kappa shape index (κ2) is 12.9. The molecule has 222 valence electrons. The number of benzene rings is 4. The van der Waals surface area contributed by atoms with E-state index in [0.717, 1.165) is 18.5 Å². The summed E-state index contributed by atoms with van der Waals surface area (Å²) in [5.41, 5.74) is 9.62. The van der Waals surface area contributed by atoms with Crippen molar-refractivity contribution in [3.8, 4) is 0 Å². The molecular formula is C39H43NO3. The van der Waals surface area contributed by atoms with Crippen molar-refractivity contribution in [1.82, 2.24) is 4.90 Å². The minimum absolute atomic E-state index is 0.0857. The second-order valence-corrected chi connectivity index (χ2v) is 12.7. The van der Waals surface area contributed by atoms with Crippen LogP contribution in [0.1, 0.15) is 56.8 Å². The second-order valence-electron chi connectivity index (χ2n) is 12.7. The topological polar surface area (TPSA) is 38.8 Å². The molecule has 0 N–H and O–H groups in total. The van der Waals surface area contributed by atoms with Gasteiger partial charge in [0.1, 0.15) is 6.61 Å². The Labute approximate surface area is 256 Å². The fourth-order valence-electron chi connectivity index (χ4n) is 7.66. The van der Waals surface area contributed by atoms with Gasteiger partial charge in [-0.3, -0.25) is 9.69 Å². The van der Waals surface area contributed by atoms with Crippen LogP contribution in [-0.4, -0.2) is 36.1 Å². The smallest absolute Gasteiger partial charge is 0.310 e.